The van der Waals surface area contributed by atoms with Crippen molar-refractivity contribution in [2.45, 2.75) is 158 Å². The number of esters is 1. The number of carbonyl (C=O) groups excluding carboxylic acids is 1. The SMILES string of the molecule is C[C@@H]1O[C@@H](O[C@H]2C[C@H]3OC(C)(C)OC[C@@]34C3C(CC[C@]4(O)C2)[C@@]2(O)CC[C@H](C4=CC(=O)OC4)[C@@]2(C)C[C@H]3O)[C@@H]2OC(C)(C)O[C@@H]2[C@H]1O. The van der Waals surface area contributed by atoms with Gasteiger partial charge in [-0.2, -0.15) is 0 Å². The number of fused-ring (bicyclic) bond motifs is 4. The molecule has 12 heteroatoms. The first-order valence-corrected chi connectivity index (χ1v) is 17.6. The predicted octanol–water partition coefficient (Wildman–Crippen LogP) is 2.08. The van der Waals surface area contributed by atoms with Crippen molar-refractivity contribution in [3.8, 4) is 0 Å². The molecule has 3 saturated heterocycles. The summed E-state index contributed by atoms with van der Waals surface area (Å²) in [5.74, 6) is -3.10. The standard InChI is InChI=1S/C35H52O12/c1-17-26(38)27-28(47-31(4,5)46-27)29(43-17)44-19-12-23-34(16-42-30(2,3)45-23)25-21(7-9-33(34,39)13-19)35(40)10-8-20(18-11-24(37)41-15-18)32(35,6)14-22(25)36/h11,17,19-23,25-29,36,38-40H,7-10,12-16H2,1-6H3/t17-,19-,20+,21?,22+,23+,25?,26-,27+,28+,29-,32+,33-,34-,35-/m0/s1. The Kier molecular flexibility index (Phi) is 7.32. The molecule has 4 aliphatic carbocycles. The lowest BCUT2D eigenvalue weighted by atomic mass is 9.40. The molecule has 4 N–H and O–H groups in total. The molecule has 7 fully saturated rings. The first kappa shape index (κ1) is 33.0. The van der Waals surface area contributed by atoms with E-state index in [0.717, 1.165) is 5.57 Å². The molecule has 2 unspecified atom stereocenters. The molecule has 12 nitrogen and oxygen atoms in total. The van der Waals surface area contributed by atoms with E-state index in [0.29, 0.717) is 38.5 Å². The zero-order valence-electron chi connectivity index (χ0n) is 28.3. The van der Waals surface area contributed by atoms with E-state index in [1.807, 2.05) is 13.8 Å². The van der Waals surface area contributed by atoms with Crippen LogP contribution in [0.3, 0.4) is 0 Å². The van der Waals surface area contributed by atoms with Gasteiger partial charge in [-0.15, -0.1) is 0 Å². The normalized spacial score (nSPS) is 56.0. The van der Waals surface area contributed by atoms with E-state index in [-0.39, 0.29) is 37.4 Å². The molecule has 4 heterocycles. The second kappa shape index (κ2) is 10.4. The number of ether oxygens (including phenoxy) is 7. The maximum Gasteiger partial charge on any atom is 0.331 e. The Morgan fingerprint density at radius 3 is 2.40 bits per heavy atom. The van der Waals surface area contributed by atoms with Crippen molar-refractivity contribution in [2.24, 2.45) is 28.6 Å². The van der Waals surface area contributed by atoms with E-state index >= 15 is 0 Å². The van der Waals surface area contributed by atoms with E-state index in [2.05, 4.69) is 6.92 Å². The van der Waals surface area contributed by atoms with Crippen LogP contribution >= 0.6 is 0 Å². The summed E-state index contributed by atoms with van der Waals surface area (Å²) in [6, 6.07) is 0. The Morgan fingerprint density at radius 1 is 0.936 bits per heavy atom. The molecule has 0 aromatic rings. The minimum atomic E-state index is -1.33. The maximum absolute atomic E-state index is 12.9. The highest BCUT2D eigenvalue weighted by molar-refractivity contribution is 5.85. The fourth-order valence-corrected chi connectivity index (χ4v) is 11.8. The second-order valence-electron chi connectivity index (χ2n) is 17.0. The van der Waals surface area contributed by atoms with Crippen LogP contribution in [0.5, 0.6) is 0 Å². The summed E-state index contributed by atoms with van der Waals surface area (Å²) >= 11 is 0. The number of aliphatic hydroxyl groups is 4. The monoisotopic (exact) mass is 664 g/mol. The van der Waals surface area contributed by atoms with Crippen LogP contribution in [0.4, 0.5) is 0 Å². The Labute approximate surface area is 276 Å². The molecular weight excluding hydrogens is 612 g/mol. The molecule has 0 bridgehead atoms. The molecular formula is C35H52O12. The molecule has 0 aromatic heterocycles. The van der Waals surface area contributed by atoms with Gasteiger partial charge in [0, 0.05) is 30.3 Å². The minimum absolute atomic E-state index is 0.0856. The summed E-state index contributed by atoms with van der Waals surface area (Å²) in [4.78, 5) is 12.0. The maximum atomic E-state index is 12.9. The van der Waals surface area contributed by atoms with Crippen molar-refractivity contribution in [1.82, 2.24) is 0 Å². The van der Waals surface area contributed by atoms with Gasteiger partial charge < -0.3 is 53.6 Å². The van der Waals surface area contributed by atoms with Crippen molar-refractivity contribution in [3.63, 3.8) is 0 Å². The minimum Gasteiger partial charge on any atom is -0.458 e. The van der Waals surface area contributed by atoms with E-state index in [1.54, 1.807) is 26.8 Å². The molecule has 8 aliphatic rings. The molecule has 0 amide bonds. The van der Waals surface area contributed by atoms with Crippen molar-refractivity contribution in [1.29, 1.82) is 0 Å². The summed E-state index contributed by atoms with van der Waals surface area (Å²) in [7, 11) is 0. The lowest BCUT2D eigenvalue weighted by Crippen LogP contribution is -2.78. The molecule has 1 spiro atoms. The van der Waals surface area contributed by atoms with Crippen LogP contribution < -0.4 is 0 Å². The molecule has 0 aromatic carbocycles. The fraction of sp³-hybridized carbons (Fsp3) is 0.914. The van der Waals surface area contributed by atoms with E-state index in [4.69, 9.17) is 33.2 Å². The van der Waals surface area contributed by atoms with E-state index in [1.165, 1.54) is 0 Å². The average Bonchev–Trinajstić information content (AvgIpc) is 3.62. The van der Waals surface area contributed by atoms with Gasteiger partial charge in [-0.1, -0.05) is 6.92 Å². The highest BCUT2D eigenvalue weighted by atomic mass is 16.8. The van der Waals surface area contributed by atoms with E-state index in [9.17, 15) is 25.2 Å². The van der Waals surface area contributed by atoms with Crippen LogP contribution in [0, 0.1) is 28.6 Å². The van der Waals surface area contributed by atoms with Crippen LogP contribution in [-0.2, 0) is 38.0 Å². The summed E-state index contributed by atoms with van der Waals surface area (Å²) in [6.45, 7) is 11.5. The number of cyclic esters (lactones) is 1. The van der Waals surface area contributed by atoms with Gasteiger partial charge in [0.05, 0.1) is 47.6 Å². The Balaban J connectivity index is 1.12. The summed E-state index contributed by atoms with van der Waals surface area (Å²) < 4.78 is 43.3. The molecule has 4 saturated carbocycles. The van der Waals surface area contributed by atoms with Crippen LogP contribution in [0.25, 0.3) is 0 Å². The van der Waals surface area contributed by atoms with Crippen molar-refractivity contribution >= 4 is 5.97 Å². The summed E-state index contributed by atoms with van der Waals surface area (Å²) in [5, 5.41) is 48.7. The number of hydrogen-bond donors (Lipinski definition) is 4. The van der Waals surface area contributed by atoms with Crippen LogP contribution in [-0.4, -0.2) is 111 Å². The lowest BCUT2D eigenvalue weighted by molar-refractivity contribution is -0.407. The Morgan fingerprint density at radius 2 is 1.68 bits per heavy atom. The first-order valence-electron chi connectivity index (χ1n) is 17.6. The highest BCUT2D eigenvalue weighted by Crippen LogP contribution is 2.72. The largest absolute Gasteiger partial charge is 0.458 e. The zero-order chi connectivity index (χ0) is 33.5. The van der Waals surface area contributed by atoms with Crippen molar-refractivity contribution in [3.05, 3.63) is 11.6 Å². The predicted molar refractivity (Wildman–Crippen MR) is 162 cm³/mol. The first-order chi connectivity index (χ1) is 21.9. The van der Waals surface area contributed by atoms with Gasteiger partial charge in [0.2, 0.25) is 0 Å². The van der Waals surface area contributed by atoms with E-state index < -0.39 is 88.5 Å². The molecule has 15 atom stereocenters. The molecule has 47 heavy (non-hydrogen) atoms. The van der Waals surface area contributed by atoms with Crippen LogP contribution in [0.15, 0.2) is 11.6 Å². The van der Waals surface area contributed by atoms with Crippen molar-refractivity contribution < 1.29 is 58.4 Å². The lowest BCUT2D eigenvalue weighted by Gasteiger charge is -2.71. The zero-order valence-corrected chi connectivity index (χ0v) is 28.3. The molecule has 8 rings (SSSR count). The quantitative estimate of drug-likeness (QED) is 0.257. The fourth-order valence-electron chi connectivity index (χ4n) is 11.8. The van der Waals surface area contributed by atoms with Crippen LogP contribution in [0.2, 0.25) is 0 Å². The van der Waals surface area contributed by atoms with Gasteiger partial charge in [0.15, 0.2) is 17.9 Å². The third-order valence-electron chi connectivity index (χ3n) is 13.8. The number of aliphatic hydroxyl groups excluding tert-OH is 2. The summed E-state index contributed by atoms with van der Waals surface area (Å²) in [5.41, 5.74) is -3.23. The molecule has 4 aliphatic heterocycles. The molecule has 264 valence electrons. The topological polar surface area (TPSA) is 163 Å². The van der Waals surface area contributed by atoms with Gasteiger partial charge in [-0.25, -0.2) is 4.79 Å². The summed E-state index contributed by atoms with van der Waals surface area (Å²) in [6.07, 6.45) is -0.750. The third kappa shape index (κ3) is 4.59. The van der Waals surface area contributed by atoms with Gasteiger partial charge >= 0.3 is 5.97 Å². The second-order valence-corrected chi connectivity index (χ2v) is 17.0. The van der Waals surface area contributed by atoms with Gasteiger partial charge in [-0.3, -0.25) is 0 Å². The highest BCUT2D eigenvalue weighted by Gasteiger charge is 2.77. The number of carbonyl (C=O) groups is 1. The van der Waals surface area contributed by atoms with Crippen molar-refractivity contribution in [2.75, 3.05) is 13.2 Å². The molecule has 0 radical (unpaired) electrons. The third-order valence-corrected chi connectivity index (χ3v) is 13.8. The Bertz CT molecular complexity index is 1330. The Hall–Kier alpha value is -1.19. The van der Waals surface area contributed by atoms with Gasteiger partial charge in [0.1, 0.15) is 24.9 Å². The van der Waals surface area contributed by atoms with Crippen LogP contribution in [0.1, 0.15) is 86.5 Å². The smallest absolute Gasteiger partial charge is 0.331 e. The average molecular weight is 665 g/mol. The number of rotatable bonds is 3. The van der Waals surface area contributed by atoms with Gasteiger partial charge in [-0.05, 0) is 84.1 Å². The number of hydrogen-bond acceptors (Lipinski definition) is 12. The van der Waals surface area contributed by atoms with Gasteiger partial charge in [0.25, 0.3) is 0 Å².